The van der Waals surface area contributed by atoms with E-state index in [1.54, 1.807) is 30.5 Å². The summed E-state index contributed by atoms with van der Waals surface area (Å²) in [5, 5.41) is 18.0. The summed E-state index contributed by atoms with van der Waals surface area (Å²) >= 11 is 0. The van der Waals surface area contributed by atoms with Crippen molar-refractivity contribution in [2.45, 2.75) is 13.8 Å². The molecule has 0 unspecified atom stereocenters. The van der Waals surface area contributed by atoms with Crippen LogP contribution in [0.25, 0.3) is 0 Å². The van der Waals surface area contributed by atoms with E-state index in [2.05, 4.69) is 17.1 Å². The number of benzene rings is 1. The van der Waals surface area contributed by atoms with Crippen molar-refractivity contribution in [3.63, 3.8) is 0 Å². The molecule has 1 aromatic heterocycles. The van der Waals surface area contributed by atoms with Crippen molar-refractivity contribution in [3.8, 4) is 23.8 Å². The first kappa shape index (κ1) is 12.6. The lowest BCUT2D eigenvalue weighted by Gasteiger charge is -2.10. The van der Waals surface area contributed by atoms with Gasteiger partial charge in [-0.2, -0.15) is 10.5 Å². The van der Waals surface area contributed by atoms with Gasteiger partial charge in [-0.25, -0.2) is 4.98 Å². The highest BCUT2D eigenvalue weighted by molar-refractivity contribution is 5.48. The van der Waals surface area contributed by atoms with Crippen LogP contribution in [0.4, 0.5) is 0 Å². The summed E-state index contributed by atoms with van der Waals surface area (Å²) in [6.45, 7) is 3.70. The molecule has 0 aliphatic rings. The molecule has 0 fully saturated rings. The fourth-order valence-corrected chi connectivity index (χ4v) is 1.63. The first-order valence-electron chi connectivity index (χ1n) is 5.70. The van der Waals surface area contributed by atoms with E-state index in [0.717, 1.165) is 11.1 Å². The Balaban J connectivity index is 2.46. The van der Waals surface area contributed by atoms with Gasteiger partial charge < -0.3 is 4.74 Å². The van der Waals surface area contributed by atoms with Crippen molar-refractivity contribution in [2.24, 2.45) is 0 Å². The monoisotopic (exact) mass is 249 g/mol. The van der Waals surface area contributed by atoms with Crippen molar-refractivity contribution in [1.29, 1.82) is 10.5 Å². The minimum atomic E-state index is 0.265. The second-order valence-electron chi connectivity index (χ2n) is 4.11. The molecule has 4 heteroatoms. The Morgan fingerprint density at radius 1 is 1.05 bits per heavy atom. The van der Waals surface area contributed by atoms with Gasteiger partial charge in [0.05, 0.1) is 11.6 Å². The predicted octanol–water partition coefficient (Wildman–Crippen LogP) is 3.23. The molecule has 2 rings (SSSR count). The van der Waals surface area contributed by atoms with Crippen LogP contribution in [0.15, 0.2) is 30.5 Å². The lowest BCUT2D eigenvalue weighted by atomic mass is 10.1. The van der Waals surface area contributed by atoms with E-state index < -0.39 is 0 Å². The highest BCUT2D eigenvalue weighted by Crippen LogP contribution is 2.27. The molecule has 2 aromatic rings. The lowest BCUT2D eigenvalue weighted by molar-refractivity contribution is 0.457. The highest BCUT2D eigenvalue weighted by Gasteiger charge is 2.10. The molecule has 0 saturated carbocycles. The van der Waals surface area contributed by atoms with Crippen LogP contribution in [-0.4, -0.2) is 4.98 Å². The average Bonchev–Trinajstić information content (AvgIpc) is 2.41. The molecule has 0 amide bonds. The summed E-state index contributed by atoms with van der Waals surface area (Å²) in [5.74, 6) is 0.800. The third-order valence-electron chi connectivity index (χ3n) is 2.76. The van der Waals surface area contributed by atoms with Crippen LogP contribution in [0, 0.1) is 36.5 Å². The topological polar surface area (TPSA) is 69.7 Å². The van der Waals surface area contributed by atoms with Crippen molar-refractivity contribution in [1.82, 2.24) is 4.98 Å². The molecule has 1 aromatic carbocycles. The summed E-state index contributed by atoms with van der Waals surface area (Å²) in [6, 6.07) is 11.0. The Morgan fingerprint density at radius 3 is 2.53 bits per heavy atom. The Hall–Kier alpha value is -2.85. The van der Waals surface area contributed by atoms with Crippen LogP contribution < -0.4 is 4.74 Å². The molecule has 0 bridgehead atoms. The fraction of sp³-hybridized carbons (Fsp3) is 0.133. The van der Waals surface area contributed by atoms with Gasteiger partial charge in [-0.05, 0) is 43.2 Å². The van der Waals surface area contributed by atoms with Gasteiger partial charge in [0.1, 0.15) is 17.4 Å². The number of aromatic nitrogens is 1. The summed E-state index contributed by atoms with van der Waals surface area (Å²) in [6.07, 6.45) is 1.59. The summed E-state index contributed by atoms with van der Waals surface area (Å²) in [4.78, 5) is 4.07. The zero-order valence-corrected chi connectivity index (χ0v) is 10.6. The maximum Gasteiger partial charge on any atom is 0.237 e. The van der Waals surface area contributed by atoms with Crippen LogP contribution in [0.3, 0.4) is 0 Å². The SMILES string of the molecule is Cc1ccc(C#N)cc1Oc1nccc(C)c1C#N. The van der Waals surface area contributed by atoms with E-state index in [0.29, 0.717) is 16.9 Å². The van der Waals surface area contributed by atoms with E-state index in [9.17, 15) is 0 Å². The Morgan fingerprint density at radius 2 is 1.84 bits per heavy atom. The Kier molecular flexibility index (Phi) is 3.45. The predicted molar refractivity (Wildman–Crippen MR) is 69.7 cm³/mol. The van der Waals surface area contributed by atoms with Gasteiger partial charge in [0, 0.05) is 6.20 Å². The number of nitriles is 2. The number of nitrogens with zero attached hydrogens (tertiary/aromatic N) is 3. The van der Waals surface area contributed by atoms with Gasteiger partial charge in [-0.15, -0.1) is 0 Å². The molecular formula is C15H11N3O. The molecule has 0 atom stereocenters. The van der Waals surface area contributed by atoms with E-state index in [4.69, 9.17) is 15.3 Å². The molecule has 4 nitrogen and oxygen atoms in total. The molecule has 0 N–H and O–H groups in total. The summed E-state index contributed by atoms with van der Waals surface area (Å²) in [7, 11) is 0. The number of aryl methyl sites for hydroxylation is 2. The molecule has 0 spiro atoms. The Labute approximate surface area is 111 Å². The smallest absolute Gasteiger partial charge is 0.237 e. The van der Waals surface area contributed by atoms with Gasteiger partial charge in [0.25, 0.3) is 0 Å². The summed E-state index contributed by atoms with van der Waals surface area (Å²) in [5.41, 5.74) is 2.60. The zero-order chi connectivity index (χ0) is 13.8. The highest BCUT2D eigenvalue weighted by atomic mass is 16.5. The standard InChI is InChI=1S/C15H11N3O/c1-10-5-6-18-15(13(10)9-17)19-14-7-12(8-16)4-3-11(14)2/h3-7H,1-2H3. The molecule has 0 saturated heterocycles. The molecule has 1 heterocycles. The van der Waals surface area contributed by atoms with Crippen molar-refractivity contribution >= 4 is 0 Å². The van der Waals surface area contributed by atoms with Crippen LogP contribution in [0.2, 0.25) is 0 Å². The van der Waals surface area contributed by atoms with Crippen molar-refractivity contribution in [2.75, 3.05) is 0 Å². The van der Waals surface area contributed by atoms with Crippen LogP contribution in [0.1, 0.15) is 22.3 Å². The van der Waals surface area contributed by atoms with Gasteiger partial charge in [-0.3, -0.25) is 0 Å². The number of hydrogen-bond acceptors (Lipinski definition) is 4. The minimum Gasteiger partial charge on any atom is -0.437 e. The maximum atomic E-state index is 9.12. The van der Waals surface area contributed by atoms with Gasteiger partial charge in [-0.1, -0.05) is 6.07 Å². The first-order chi connectivity index (χ1) is 9.15. The molecule has 19 heavy (non-hydrogen) atoms. The van der Waals surface area contributed by atoms with Gasteiger partial charge in [0.2, 0.25) is 5.88 Å². The normalized spacial score (nSPS) is 9.47. The minimum absolute atomic E-state index is 0.265. The number of rotatable bonds is 2. The van der Waals surface area contributed by atoms with Crippen molar-refractivity contribution in [3.05, 3.63) is 52.7 Å². The number of pyridine rings is 1. The maximum absolute atomic E-state index is 9.12. The van der Waals surface area contributed by atoms with E-state index in [-0.39, 0.29) is 5.88 Å². The average molecular weight is 249 g/mol. The van der Waals surface area contributed by atoms with Crippen LogP contribution in [0.5, 0.6) is 11.6 Å². The third kappa shape index (κ3) is 2.53. The molecule has 0 radical (unpaired) electrons. The quantitative estimate of drug-likeness (QED) is 0.819. The van der Waals surface area contributed by atoms with Crippen LogP contribution >= 0.6 is 0 Å². The number of ether oxygens (including phenoxy) is 1. The third-order valence-corrected chi connectivity index (χ3v) is 2.76. The second kappa shape index (κ2) is 5.20. The van der Waals surface area contributed by atoms with E-state index in [1.165, 1.54) is 0 Å². The zero-order valence-electron chi connectivity index (χ0n) is 10.6. The van der Waals surface area contributed by atoms with Gasteiger partial charge >= 0.3 is 0 Å². The Bertz CT molecular complexity index is 708. The summed E-state index contributed by atoms with van der Waals surface area (Å²) < 4.78 is 5.67. The molecular weight excluding hydrogens is 238 g/mol. The fourth-order valence-electron chi connectivity index (χ4n) is 1.63. The largest absolute Gasteiger partial charge is 0.437 e. The molecule has 0 aliphatic heterocycles. The van der Waals surface area contributed by atoms with E-state index >= 15 is 0 Å². The van der Waals surface area contributed by atoms with Crippen molar-refractivity contribution < 1.29 is 4.74 Å². The lowest BCUT2D eigenvalue weighted by Crippen LogP contribution is -1.96. The van der Waals surface area contributed by atoms with Gasteiger partial charge in [0.15, 0.2) is 0 Å². The molecule has 92 valence electrons. The van der Waals surface area contributed by atoms with Crippen LogP contribution in [-0.2, 0) is 0 Å². The first-order valence-corrected chi connectivity index (χ1v) is 5.70. The number of hydrogen-bond donors (Lipinski definition) is 0. The van der Waals surface area contributed by atoms with E-state index in [1.807, 2.05) is 13.8 Å². The second-order valence-corrected chi connectivity index (χ2v) is 4.11. The molecule has 0 aliphatic carbocycles.